The number of hydrogen-bond acceptors (Lipinski definition) is 4. The largest absolute Gasteiger partial charge is 0.348 e. The van der Waals surface area contributed by atoms with Gasteiger partial charge in [0.25, 0.3) is 5.91 Å². The van der Waals surface area contributed by atoms with Gasteiger partial charge in [0.2, 0.25) is 0 Å². The Kier molecular flexibility index (Phi) is 4.88. The van der Waals surface area contributed by atoms with E-state index in [-0.39, 0.29) is 11.9 Å². The van der Waals surface area contributed by atoms with Gasteiger partial charge in [0.15, 0.2) is 0 Å². The van der Waals surface area contributed by atoms with Crippen LogP contribution in [-0.2, 0) is 0 Å². The van der Waals surface area contributed by atoms with Gasteiger partial charge in [-0.15, -0.1) is 0 Å². The molecule has 2 N–H and O–H groups in total. The molecule has 0 saturated carbocycles. The van der Waals surface area contributed by atoms with Crippen molar-refractivity contribution in [2.45, 2.75) is 18.9 Å². The standard InChI is InChI=1S/C18H22N4O/c1-22(16-7-3-2-4-8-16)17-10-9-14(12-20-17)18(23)21-15-6-5-11-19-13-15/h2-4,7-10,12,15,19H,5-6,11,13H2,1H3,(H,21,23)/t15-/m0/s1. The molecule has 1 atom stereocenters. The maximum atomic E-state index is 12.3. The molecule has 5 nitrogen and oxygen atoms in total. The number of aromatic nitrogens is 1. The maximum absolute atomic E-state index is 12.3. The molecule has 23 heavy (non-hydrogen) atoms. The molecular weight excluding hydrogens is 288 g/mol. The Hall–Kier alpha value is -2.40. The summed E-state index contributed by atoms with van der Waals surface area (Å²) in [5, 5.41) is 6.36. The van der Waals surface area contributed by atoms with Gasteiger partial charge in [-0.25, -0.2) is 4.98 Å². The molecule has 2 aromatic rings. The summed E-state index contributed by atoms with van der Waals surface area (Å²) in [6.45, 7) is 1.88. The van der Waals surface area contributed by atoms with Gasteiger partial charge < -0.3 is 15.5 Å². The smallest absolute Gasteiger partial charge is 0.253 e. The summed E-state index contributed by atoms with van der Waals surface area (Å²) in [5.74, 6) is 0.757. The Bertz CT molecular complexity index is 636. The summed E-state index contributed by atoms with van der Waals surface area (Å²) in [6, 6.07) is 13.9. The Morgan fingerprint density at radius 1 is 1.26 bits per heavy atom. The van der Waals surface area contributed by atoms with Crippen molar-refractivity contribution in [2.24, 2.45) is 0 Å². The molecule has 0 spiro atoms. The molecule has 1 aromatic carbocycles. The minimum Gasteiger partial charge on any atom is -0.348 e. The van der Waals surface area contributed by atoms with Crippen LogP contribution in [0.15, 0.2) is 48.7 Å². The van der Waals surface area contributed by atoms with Crippen LogP contribution >= 0.6 is 0 Å². The monoisotopic (exact) mass is 310 g/mol. The van der Waals surface area contributed by atoms with Crippen LogP contribution in [0.4, 0.5) is 11.5 Å². The highest BCUT2D eigenvalue weighted by Crippen LogP contribution is 2.20. The Labute approximate surface area is 136 Å². The third-order valence-electron chi connectivity index (χ3n) is 4.13. The van der Waals surface area contributed by atoms with E-state index in [1.54, 1.807) is 6.20 Å². The van der Waals surface area contributed by atoms with E-state index in [4.69, 9.17) is 0 Å². The van der Waals surface area contributed by atoms with Crippen molar-refractivity contribution in [3.63, 3.8) is 0 Å². The van der Waals surface area contributed by atoms with Gasteiger partial charge in [-0.3, -0.25) is 4.79 Å². The second-order valence-electron chi connectivity index (χ2n) is 5.82. The summed E-state index contributed by atoms with van der Waals surface area (Å²) in [5.41, 5.74) is 1.66. The predicted molar refractivity (Wildman–Crippen MR) is 92.1 cm³/mol. The van der Waals surface area contributed by atoms with Crippen LogP contribution in [0.25, 0.3) is 0 Å². The average molecular weight is 310 g/mol. The van der Waals surface area contributed by atoms with Crippen molar-refractivity contribution >= 4 is 17.4 Å². The number of rotatable bonds is 4. The van der Waals surface area contributed by atoms with Crippen molar-refractivity contribution < 1.29 is 4.79 Å². The minimum atomic E-state index is -0.0554. The lowest BCUT2D eigenvalue weighted by Gasteiger charge is -2.24. The Morgan fingerprint density at radius 3 is 2.74 bits per heavy atom. The summed E-state index contributed by atoms with van der Waals surface area (Å²) >= 11 is 0. The number of hydrogen-bond donors (Lipinski definition) is 2. The SMILES string of the molecule is CN(c1ccccc1)c1ccc(C(=O)N[C@H]2CCCNC2)cn1. The van der Waals surface area contributed by atoms with Crippen LogP contribution in [0.2, 0.25) is 0 Å². The molecule has 0 aliphatic carbocycles. The van der Waals surface area contributed by atoms with E-state index in [1.165, 1.54) is 0 Å². The van der Waals surface area contributed by atoms with Crippen LogP contribution < -0.4 is 15.5 Å². The molecule has 0 bridgehead atoms. The summed E-state index contributed by atoms with van der Waals surface area (Å²) in [4.78, 5) is 18.7. The molecule has 0 radical (unpaired) electrons. The highest BCUT2D eigenvalue weighted by Gasteiger charge is 2.16. The van der Waals surface area contributed by atoms with Gasteiger partial charge in [0.05, 0.1) is 5.56 Å². The lowest BCUT2D eigenvalue weighted by molar-refractivity contribution is 0.0930. The van der Waals surface area contributed by atoms with E-state index in [1.807, 2.05) is 54.4 Å². The van der Waals surface area contributed by atoms with Crippen LogP contribution in [0, 0.1) is 0 Å². The molecule has 1 aromatic heterocycles. The molecule has 1 aliphatic rings. The number of carbonyl (C=O) groups is 1. The van der Waals surface area contributed by atoms with Gasteiger partial charge in [0, 0.05) is 31.5 Å². The first-order valence-electron chi connectivity index (χ1n) is 8.00. The van der Waals surface area contributed by atoms with Crippen LogP contribution in [0.3, 0.4) is 0 Å². The lowest BCUT2D eigenvalue weighted by Crippen LogP contribution is -2.45. The van der Waals surface area contributed by atoms with Crippen molar-refractivity contribution in [3.05, 3.63) is 54.2 Å². The number of para-hydroxylation sites is 1. The molecular formula is C18H22N4O. The molecule has 5 heteroatoms. The molecule has 1 fully saturated rings. The fraction of sp³-hybridized carbons (Fsp3) is 0.333. The quantitative estimate of drug-likeness (QED) is 0.910. The van der Waals surface area contributed by atoms with E-state index in [0.717, 1.165) is 37.4 Å². The van der Waals surface area contributed by atoms with E-state index in [9.17, 15) is 4.79 Å². The third kappa shape index (κ3) is 3.87. The predicted octanol–water partition coefficient (Wildman–Crippen LogP) is 2.33. The van der Waals surface area contributed by atoms with Gasteiger partial charge in [-0.1, -0.05) is 18.2 Å². The Balaban J connectivity index is 1.65. The van der Waals surface area contributed by atoms with E-state index in [2.05, 4.69) is 15.6 Å². The van der Waals surface area contributed by atoms with Crippen molar-refractivity contribution in [1.82, 2.24) is 15.6 Å². The van der Waals surface area contributed by atoms with Gasteiger partial charge in [0.1, 0.15) is 5.82 Å². The van der Waals surface area contributed by atoms with E-state index in [0.29, 0.717) is 5.56 Å². The molecule has 1 aliphatic heterocycles. The molecule has 3 rings (SSSR count). The van der Waals surface area contributed by atoms with Crippen LogP contribution in [0.1, 0.15) is 23.2 Å². The number of amides is 1. The normalized spacial score (nSPS) is 17.5. The first-order valence-corrected chi connectivity index (χ1v) is 8.00. The number of nitrogens with one attached hydrogen (secondary N) is 2. The number of benzene rings is 1. The molecule has 1 amide bonds. The number of piperidine rings is 1. The van der Waals surface area contributed by atoms with Gasteiger partial charge in [-0.05, 0) is 43.7 Å². The van der Waals surface area contributed by atoms with E-state index < -0.39 is 0 Å². The zero-order valence-corrected chi connectivity index (χ0v) is 13.3. The molecule has 120 valence electrons. The molecule has 1 saturated heterocycles. The first-order chi connectivity index (χ1) is 11.2. The zero-order valence-electron chi connectivity index (χ0n) is 13.3. The number of carbonyl (C=O) groups excluding carboxylic acids is 1. The lowest BCUT2D eigenvalue weighted by atomic mass is 10.1. The number of nitrogens with zero attached hydrogens (tertiary/aromatic N) is 2. The number of pyridine rings is 1. The Morgan fingerprint density at radius 2 is 2.09 bits per heavy atom. The van der Waals surface area contributed by atoms with Crippen LogP contribution in [-0.4, -0.2) is 37.1 Å². The van der Waals surface area contributed by atoms with E-state index >= 15 is 0 Å². The highest BCUT2D eigenvalue weighted by molar-refractivity contribution is 5.94. The van der Waals surface area contributed by atoms with Gasteiger partial charge >= 0.3 is 0 Å². The maximum Gasteiger partial charge on any atom is 0.253 e. The van der Waals surface area contributed by atoms with Gasteiger partial charge in [-0.2, -0.15) is 0 Å². The molecule has 0 unspecified atom stereocenters. The second kappa shape index (κ2) is 7.24. The fourth-order valence-corrected chi connectivity index (χ4v) is 2.75. The average Bonchev–Trinajstić information content (AvgIpc) is 2.63. The summed E-state index contributed by atoms with van der Waals surface area (Å²) in [6.07, 6.45) is 3.77. The van der Waals surface area contributed by atoms with Crippen LogP contribution in [0.5, 0.6) is 0 Å². The fourth-order valence-electron chi connectivity index (χ4n) is 2.75. The topological polar surface area (TPSA) is 57.3 Å². The van der Waals surface area contributed by atoms with Crippen molar-refractivity contribution in [1.29, 1.82) is 0 Å². The highest BCUT2D eigenvalue weighted by atomic mass is 16.1. The summed E-state index contributed by atoms with van der Waals surface area (Å²) < 4.78 is 0. The summed E-state index contributed by atoms with van der Waals surface area (Å²) in [7, 11) is 1.96. The second-order valence-corrected chi connectivity index (χ2v) is 5.82. The zero-order chi connectivity index (χ0) is 16.1. The molecule has 2 heterocycles. The number of anilines is 2. The first kappa shape index (κ1) is 15.5. The van der Waals surface area contributed by atoms with Crippen molar-refractivity contribution in [3.8, 4) is 0 Å². The minimum absolute atomic E-state index is 0.0554. The third-order valence-corrected chi connectivity index (χ3v) is 4.13. The van der Waals surface area contributed by atoms with Crippen molar-refractivity contribution in [2.75, 3.05) is 25.0 Å².